The lowest BCUT2D eigenvalue weighted by atomic mass is 9.74. The highest BCUT2D eigenvalue weighted by molar-refractivity contribution is 5.78. The number of carbonyl (C=O) groups excluding carboxylic acids is 1. The summed E-state index contributed by atoms with van der Waals surface area (Å²) in [4.78, 5) is 22.5. The summed E-state index contributed by atoms with van der Waals surface area (Å²) in [5.74, 6) is -0.846. The molecule has 5 heteroatoms. The molecule has 0 atom stereocenters. The molecule has 0 unspecified atom stereocenters. The first-order valence-electron chi connectivity index (χ1n) is 6.81. The van der Waals surface area contributed by atoms with Gasteiger partial charge in [-0.2, -0.15) is 0 Å². The first-order valence-corrected chi connectivity index (χ1v) is 6.81. The number of rotatable bonds is 9. The van der Waals surface area contributed by atoms with Gasteiger partial charge in [0.25, 0.3) is 0 Å². The minimum atomic E-state index is -0.835. The number of carbonyl (C=O) groups is 2. The molecular weight excluding hydrogens is 232 g/mol. The third kappa shape index (κ3) is 5.04. The van der Waals surface area contributed by atoms with Crippen LogP contribution < -0.4 is 11.1 Å². The van der Waals surface area contributed by atoms with E-state index in [1.165, 1.54) is 0 Å². The van der Waals surface area contributed by atoms with Crippen molar-refractivity contribution >= 4 is 11.9 Å². The second-order valence-electron chi connectivity index (χ2n) is 5.21. The Bertz CT molecular complexity index is 288. The minimum absolute atomic E-state index is 0.0105. The molecule has 1 saturated carbocycles. The molecule has 1 fully saturated rings. The van der Waals surface area contributed by atoms with Crippen molar-refractivity contribution in [2.75, 3.05) is 6.54 Å². The van der Waals surface area contributed by atoms with Gasteiger partial charge in [-0.25, -0.2) is 0 Å². The molecule has 18 heavy (non-hydrogen) atoms. The molecule has 1 aliphatic rings. The van der Waals surface area contributed by atoms with E-state index in [0.29, 0.717) is 13.0 Å². The lowest BCUT2D eigenvalue weighted by Gasteiger charge is -2.41. The lowest BCUT2D eigenvalue weighted by molar-refractivity contribution is -0.140. The van der Waals surface area contributed by atoms with Crippen LogP contribution in [0.15, 0.2) is 0 Å². The van der Waals surface area contributed by atoms with Gasteiger partial charge in [-0.15, -0.1) is 0 Å². The van der Waals surface area contributed by atoms with Gasteiger partial charge in [0.1, 0.15) is 0 Å². The van der Waals surface area contributed by atoms with Crippen LogP contribution in [0.3, 0.4) is 0 Å². The Balaban J connectivity index is 2.19. The molecular formula is C13H24N2O3. The van der Waals surface area contributed by atoms with Gasteiger partial charge in [0.05, 0.1) is 12.0 Å². The molecule has 0 spiro atoms. The fourth-order valence-corrected chi connectivity index (χ4v) is 2.38. The van der Waals surface area contributed by atoms with Crippen molar-refractivity contribution in [2.24, 2.45) is 5.73 Å². The van der Waals surface area contributed by atoms with Crippen molar-refractivity contribution < 1.29 is 14.7 Å². The molecule has 0 heterocycles. The number of carboxylic acids is 1. The van der Waals surface area contributed by atoms with Crippen LogP contribution in [0.1, 0.15) is 57.8 Å². The predicted molar refractivity (Wildman–Crippen MR) is 69.1 cm³/mol. The van der Waals surface area contributed by atoms with E-state index in [-0.39, 0.29) is 12.3 Å². The number of carboxylic acid groups (broad SMARTS) is 1. The van der Waals surface area contributed by atoms with Gasteiger partial charge in [-0.05, 0) is 38.6 Å². The lowest BCUT2D eigenvalue weighted by Crippen LogP contribution is -2.54. The maximum Gasteiger partial charge on any atom is 0.305 e. The summed E-state index contributed by atoms with van der Waals surface area (Å²) in [5, 5.41) is 11.7. The van der Waals surface area contributed by atoms with Crippen molar-refractivity contribution in [1.29, 1.82) is 0 Å². The predicted octanol–water partition coefficient (Wildman–Crippen LogP) is 1.41. The van der Waals surface area contributed by atoms with Crippen molar-refractivity contribution in [3.05, 3.63) is 0 Å². The molecule has 1 aliphatic carbocycles. The Morgan fingerprint density at radius 1 is 1.17 bits per heavy atom. The molecule has 4 N–H and O–H groups in total. The van der Waals surface area contributed by atoms with Gasteiger partial charge in [-0.1, -0.05) is 12.8 Å². The molecule has 1 amide bonds. The van der Waals surface area contributed by atoms with Gasteiger partial charge >= 0.3 is 5.97 Å². The van der Waals surface area contributed by atoms with Crippen LogP contribution in [0.2, 0.25) is 0 Å². The van der Waals surface area contributed by atoms with Crippen LogP contribution in [0.4, 0.5) is 0 Å². The summed E-state index contributed by atoms with van der Waals surface area (Å²) in [6.07, 6.45) is 7.05. The highest BCUT2D eigenvalue weighted by Gasteiger charge is 2.40. The minimum Gasteiger partial charge on any atom is -0.481 e. The molecule has 0 aliphatic heterocycles. The zero-order chi connectivity index (χ0) is 13.4. The second-order valence-corrected chi connectivity index (χ2v) is 5.21. The van der Waals surface area contributed by atoms with Gasteiger partial charge in [0.2, 0.25) is 5.91 Å². The summed E-state index contributed by atoms with van der Waals surface area (Å²) in [7, 11) is 0. The van der Waals surface area contributed by atoms with Gasteiger partial charge in [0.15, 0.2) is 0 Å². The second kappa shape index (κ2) is 7.36. The van der Waals surface area contributed by atoms with Crippen molar-refractivity contribution in [2.45, 2.75) is 63.3 Å². The highest BCUT2D eigenvalue weighted by atomic mass is 16.4. The number of hydrogen-bond donors (Lipinski definition) is 3. The van der Waals surface area contributed by atoms with E-state index in [1.807, 2.05) is 0 Å². The van der Waals surface area contributed by atoms with E-state index < -0.39 is 11.5 Å². The van der Waals surface area contributed by atoms with Crippen LogP contribution >= 0.6 is 0 Å². The largest absolute Gasteiger partial charge is 0.481 e. The number of nitrogens with one attached hydrogen (secondary N) is 1. The quantitative estimate of drug-likeness (QED) is 0.544. The zero-order valence-corrected chi connectivity index (χ0v) is 10.9. The topological polar surface area (TPSA) is 92.4 Å². The molecule has 0 bridgehead atoms. The third-order valence-electron chi connectivity index (χ3n) is 3.56. The fraction of sp³-hybridized carbons (Fsp3) is 0.846. The molecule has 0 aromatic carbocycles. The van der Waals surface area contributed by atoms with Crippen LogP contribution in [-0.4, -0.2) is 29.1 Å². The number of hydrogen-bond acceptors (Lipinski definition) is 3. The molecule has 0 aromatic rings. The third-order valence-corrected chi connectivity index (χ3v) is 3.56. The van der Waals surface area contributed by atoms with Crippen molar-refractivity contribution in [3.63, 3.8) is 0 Å². The maximum atomic E-state index is 11.7. The molecule has 0 saturated heterocycles. The van der Waals surface area contributed by atoms with Crippen LogP contribution in [0, 0.1) is 0 Å². The smallest absolute Gasteiger partial charge is 0.305 e. The van der Waals surface area contributed by atoms with Gasteiger partial charge in [-0.3, -0.25) is 9.59 Å². The molecule has 5 nitrogen and oxygen atoms in total. The van der Waals surface area contributed by atoms with E-state index in [1.54, 1.807) is 0 Å². The number of aliphatic carboxylic acids is 1. The number of nitrogens with two attached hydrogens (primary N) is 1. The van der Waals surface area contributed by atoms with Crippen molar-refractivity contribution in [3.8, 4) is 0 Å². The molecule has 0 radical (unpaired) electrons. The summed E-state index contributed by atoms with van der Waals surface area (Å²) in [6, 6.07) is 0. The summed E-state index contributed by atoms with van der Waals surface area (Å²) >= 11 is 0. The Morgan fingerprint density at radius 3 is 2.33 bits per heavy atom. The van der Waals surface area contributed by atoms with Crippen LogP contribution in [0.25, 0.3) is 0 Å². The SMILES string of the molecule is NCCCCCCC(=O)NC1(CC(=O)O)CCC1. The van der Waals surface area contributed by atoms with E-state index >= 15 is 0 Å². The Hall–Kier alpha value is -1.10. The van der Waals surface area contributed by atoms with E-state index in [0.717, 1.165) is 44.9 Å². The fourth-order valence-electron chi connectivity index (χ4n) is 2.38. The standard InChI is InChI=1S/C13H24N2O3/c14-9-4-2-1-3-6-11(16)15-13(7-5-8-13)10-12(17)18/h1-10,14H2,(H,15,16)(H,17,18). The van der Waals surface area contributed by atoms with Gasteiger partial charge < -0.3 is 16.2 Å². The van der Waals surface area contributed by atoms with Crippen molar-refractivity contribution in [1.82, 2.24) is 5.32 Å². The normalized spacial score (nSPS) is 16.9. The average molecular weight is 256 g/mol. The Kier molecular flexibility index (Phi) is 6.12. The monoisotopic (exact) mass is 256 g/mol. The maximum absolute atomic E-state index is 11.7. The summed E-state index contributed by atoms with van der Waals surface area (Å²) in [6.45, 7) is 0.702. The first kappa shape index (κ1) is 15.0. The zero-order valence-electron chi connectivity index (χ0n) is 10.9. The molecule has 1 rings (SSSR count). The van der Waals surface area contributed by atoms with Crippen LogP contribution in [-0.2, 0) is 9.59 Å². The molecule has 104 valence electrons. The first-order chi connectivity index (χ1) is 8.58. The van der Waals surface area contributed by atoms with E-state index in [4.69, 9.17) is 10.8 Å². The average Bonchev–Trinajstić information content (AvgIpc) is 2.25. The van der Waals surface area contributed by atoms with E-state index in [9.17, 15) is 9.59 Å². The van der Waals surface area contributed by atoms with Crippen LogP contribution in [0.5, 0.6) is 0 Å². The highest BCUT2D eigenvalue weighted by Crippen LogP contribution is 2.35. The van der Waals surface area contributed by atoms with Gasteiger partial charge in [0, 0.05) is 6.42 Å². The Labute approximate surface area is 108 Å². The Morgan fingerprint density at radius 2 is 1.83 bits per heavy atom. The molecule has 0 aromatic heterocycles. The van der Waals surface area contributed by atoms with E-state index in [2.05, 4.69) is 5.32 Å². The number of amides is 1. The number of unbranched alkanes of at least 4 members (excludes halogenated alkanes) is 3. The summed E-state index contributed by atoms with van der Waals surface area (Å²) < 4.78 is 0. The summed E-state index contributed by atoms with van der Waals surface area (Å²) in [5.41, 5.74) is 4.93.